The lowest BCUT2D eigenvalue weighted by atomic mass is 10.2. The summed E-state index contributed by atoms with van der Waals surface area (Å²) in [4.78, 5) is 12.2. The largest absolute Gasteiger partial charge is 0.380 e. The topological polar surface area (TPSA) is 64.3 Å². The standard InChI is InChI=1S/C13H17F3N2O2S/c1-20-9(6-17)5-13(19)18-10-4-8(14)2-3-11(10)21-7-12(15)16/h2-4,9,12H,5-7,17H2,1H3,(H,18,19). The predicted molar refractivity (Wildman–Crippen MR) is 76.2 cm³/mol. The number of ether oxygens (including phenoxy) is 1. The quantitative estimate of drug-likeness (QED) is 0.722. The van der Waals surface area contributed by atoms with Gasteiger partial charge in [0.1, 0.15) is 5.82 Å². The average Bonchev–Trinajstić information content (AvgIpc) is 2.43. The zero-order chi connectivity index (χ0) is 15.8. The van der Waals surface area contributed by atoms with E-state index in [-0.39, 0.29) is 18.7 Å². The molecule has 1 aromatic carbocycles. The number of anilines is 1. The number of alkyl halides is 2. The van der Waals surface area contributed by atoms with Gasteiger partial charge in [-0.1, -0.05) is 0 Å². The normalized spacial score (nSPS) is 12.5. The van der Waals surface area contributed by atoms with Crippen LogP contribution in [-0.4, -0.2) is 37.8 Å². The molecular weight excluding hydrogens is 305 g/mol. The van der Waals surface area contributed by atoms with E-state index in [9.17, 15) is 18.0 Å². The van der Waals surface area contributed by atoms with Crippen LogP contribution in [0, 0.1) is 5.82 Å². The van der Waals surface area contributed by atoms with Crippen molar-refractivity contribution < 1.29 is 22.7 Å². The van der Waals surface area contributed by atoms with E-state index in [1.807, 2.05) is 0 Å². The zero-order valence-corrected chi connectivity index (χ0v) is 12.3. The number of nitrogens with two attached hydrogens (primary N) is 1. The molecule has 21 heavy (non-hydrogen) atoms. The van der Waals surface area contributed by atoms with Gasteiger partial charge in [0, 0.05) is 18.6 Å². The van der Waals surface area contributed by atoms with Gasteiger partial charge in [0.15, 0.2) is 0 Å². The number of hydrogen-bond donors (Lipinski definition) is 2. The van der Waals surface area contributed by atoms with Crippen LogP contribution in [0.15, 0.2) is 23.1 Å². The smallest absolute Gasteiger partial charge is 0.247 e. The molecule has 0 saturated heterocycles. The Morgan fingerprint density at radius 2 is 2.19 bits per heavy atom. The van der Waals surface area contributed by atoms with Crippen LogP contribution in [-0.2, 0) is 9.53 Å². The molecule has 0 radical (unpaired) electrons. The van der Waals surface area contributed by atoms with Gasteiger partial charge in [-0.3, -0.25) is 4.79 Å². The van der Waals surface area contributed by atoms with E-state index in [0.717, 1.165) is 23.9 Å². The second-order valence-electron chi connectivity index (χ2n) is 4.19. The maximum absolute atomic E-state index is 13.2. The molecular formula is C13H17F3N2O2S. The molecule has 4 nitrogen and oxygen atoms in total. The van der Waals surface area contributed by atoms with Crippen LogP contribution in [0.1, 0.15) is 6.42 Å². The van der Waals surface area contributed by atoms with Gasteiger partial charge >= 0.3 is 0 Å². The van der Waals surface area contributed by atoms with E-state index in [4.69, 9.17) is 10.5 Å². The molecule has 3 N–H and O–H groups in total. The van der Waals surface area contributed by atoms with Crippen LogP contribution in [0.25, 0.3) is 0 Å². The first-order valence-electron chi connectivity index (χ1n) is 6.19. The summed E-state index contributed by atoms with van der Waals surface area (Å²) in [5, 5.41) is 2.49. The average molecular weight is 322 g/mol. The SMILES string of the molecule is COC(CN)CC(=O)Nc1cc(F)ccc1SCC(F)F. The minimum absolute atomic E-state index is 0.00245. The summed E-state index contributed by atoms with van der Waals surface area (Å²) in [7, 11) is 1.43. The number of rotatable bonds is 8. The van der Waals surface area contributed by atoms with Gasteiger partial charge in [-0.2, -0.15) is 0 Å². The molecule has 0 spiro atoms. The number of carbonyl (C=O) groups is 1. The molecule has 0 aliphatic heterocycles. The zero-order valence-electron chi connectivity index (χ0n) is 11.4. The third-order valence-electron chi connectivity index (χ3n) is 2.59. The summed E-state index contributed by atoms with van der Waals surface area (Å²) >= 11 is 0.849. The van der Waals surface area contributed by atoms with Gasteiger partial charge < -0.3 is 15.8 Å². The Kier molecular flexibility index (Phi) is 7.55. The summed E-state index contributed by atoms with van der Waals surface area (Å²) in [5.74, 6) is -1.41. The number of nitrogens with one attached hydrogen (secondary N) is 1. The number of amides is 1. The van der Waals surface area contributed by atoms with E-state index in [2.05, 4.69) is 5.32 Å². The number of hydrogen-bond acceptors (Lipinski definition) is 4. The Morgan fingerprint density at radius 3 is 2.76 bits per heavy atom. The van der Waals surface area contributed by atoms with Crippen LogP contribution in [0.4, 0.5) is 18.9 Å². The minimum atomic E-state index is -2.49. The number of benzene rings is 1. The van der Waals surface area contributed by atoms with Gasteiger partial charge in [-0.05, 0) is 18.2 Å². The molecule has 0 aliphatic carbocycles. The fourth-order valence-corrected chi connectivity index (χ4v) is 2.28. The highest BCUT2D eigenvalue weighted by Crippen LogP contribution is 2.29. The molecule has 1 atom stereocenters. The molecule has 1 unspecified atom stereocenters. The fourth-order valence-electron chi connectivity index (χ4n) is 1.55. The third-order valence-corrected chi connectivity index (χ3v) is 3.68. The van der Waals surface area contributed by atoms with Crippen molar-refractivity contribution in [1.82, 2.24) is 0 Å². The highest BCUT2D eigenvalue weighted by Gasteiger charge is 2.15. The van der Waals surface area contributed by atoms with Crippen molar-refractivity contribution in [3.8, 4) is 0 Å². The van der Waals surface area contributed by atoms with Crippen LogP contribution < -0.4 is 11.1 Å². The summed E-state index contributed by atoms with van der Waals surface area (Å²) in [6, 6.07) is 3.60. The van der Waals surface area contributed by atoms with Crippen LogP contribution >= 0.6 is 11.8 Å². The van der Waals surface area contributed by atoms with Gasteiger partial charge in [0.05, 0.1) is 24.0 Å². The molecule has 0 aliphatic rings. The first-order valence-corrected chi connectivity index (χ1v) is 7.18. The summed E-state index contributed by atoms with van der Waals surface area (Å²) in [6.07, 6.45) is -2.93. The lowest BCUT2D eigenvalue weighted by molar-refractivity contribution is -0.118. The van der Waals surface area contributed by atoms with Crippen LogP contribution in [0.3, 0.4) is 0 Å². The van der Waals surface area contributed by atoms with Gasteiger partial charge in [0.2, 0.25) is 12.3 Å². The molecule has 0 heterocycles. The van der Waals surface area contributed by atoms with Crippen molar-refractivity contribution in [1.29, 1.82) is 0 Å². The van der Waals surface area contributed by atoms with Crippen molar-refractivity contribution in [2.45, 2.75) is 23.8 Å². The van der Waals surface area contributed by atoms with Crippen molar-refractivity contribution in [2.75, 3.05) is 24.7 Å². The van der Waals surface area contributed by atoms with E-state index in [1.165, 1.54) is 13.2 Å². The van der Waals surface area contributed by atoms with Crippen molar-refractivity contribution in [3.05, 3.63) is 24.0 Å². The Hall–Kier alpha value is -1.25. The molecule has 0 bridgehead atoms. The van der Waals surface area contributed by atoms with E-state index in [0.29, 0.717) is 4.90 Å². The molecule has 118 valence electrons. The first-order chi connectivity index (χ1) is 9.96. The molecule has 1 amide bonds. The number of methoxy groups -OCH3 is 1. The van der Waals surface area contributed by atoms with Gasteiger partial charge in [0.25, 0.3) is 0 Å². The minimum Gasteiger partial charge on any atom is -0.380 e. The van der Waals surface area contributed by atoms with Crippen LogP contribution in [0.2, 0.25) is 0 Å². The van der Waals surface area contributed by atoms with Gasteiger partial charge in [-0.25, -0.2) is 13.2 Å². The Balaban J connectivity index is 2.75. The summed E-state index contributed by atoms with van der Waals surface area (Å²) < 4.78 is 42.7. The van der Waals surface area contributed by atoms with Gasteiger partial charge in [-0.15, -0.1) is 11.8 Å². The lowest BCUT2D eigenvalue weighted by Crippen LogP contribution is -2.28. The monoisotopic (exact) mass is 322 g/mol. The third kappa shape index (κ3) is 6.36. The van der Waals surface area contributed by atoms with Crippen molar-refractivity contribution >= 4 is 23.4 Å². The van der Waals surface area contributed by atoms with E-state index in [1.54, 1.807) is 0 Å². The predicted octanol–water partition coefficient (Wildman–Crippen LogP) is 2.49. The number of halogens is 3. The van der Waals surface area contributed by atoms with Crippen LogP contribution in [0.5, 0.6) is 0 Å². The lowest BCUT2D eigenvalue weighted by Gasteiger charge is -2.14. The molecule has 0 fully saturated rings. The maximum Gasteiger partial charge on any atom is 0.247 e. The maximum atomic E-state index is 13.2. The number of carbonyl (C=O) groups excluding carboxylic acids is 1. The Bertz CT molecular complexity index is 471. The fraction of sp³-hybridized carbons (Fsp3) is 0.462. The first kappa shape index (κ1) is 17.8. The van der Waals surface area contributed by atoms with Crippen molar-refractivity contribution in [2.24, 2.45) is 5.73 Å². The Morgan fingerprint density at radius 1 is 1.48 bits per heavy atom. The molecule has 1 aromatic rings. The second kappa shape index (κ2) is 8.91. The second-order valence-corrected chi connectivity index (χ2v) is 5.25. The summed E-state index contributed by atoms with van der Waals surface area (Å²) in [6.45, 7) is 0.167. The molecule has 8 heteroatoms. The summed E-state index contributed by atoms with van der Waals surface area (Å²) in [5.41, 5.74) is 5.57. The molecule has 0 saturated carbocycles. The van der Waals surface area contributed by atoms with E-state index >= 15 is 0 Å². The molecule has 0 aromatic heterocycles. The van der Waals surface area contributed by atoms with E-state index < -0.39 is 30.0 Å². The molecule has 1 rings (SSSR count). The highest BCUT2D eigenvalue weighted by atomic mass is 32.2. The highest BCUT2D eigenvalue weighted by molar-refractivity contribution is 7.99. The Labute approximate surface area is 125 Å². The number of thioether (sulfide) groups is 1. The van der Waals surface area contributed by atoms with Crippen molar-refractivity contribution in [3.63, 3.8) is 0 Å².